The van der Waals surface area contributed by atoms with Crippen molar-refractivity contribution in [1.82, 2.24) is 20.4 Å². The fraction of sp³-hybridized carbons (Fsp3) is 0.444. The van der Waals surface area contributed by atoms with E-state index in [1.54, 1.807) is 6.20 Å². The van der Waals surface area contributed by atoms with E-state index in [2.05, 4.69) is 44.0 Å². The number of amides is 2. The lowest BCUT2D eigenvalue weighted by Gasteiger charge is -2.19. The smallest absolute Gasteiger partial charge is 0.315 e. The Morgan fingerprint density at radius 3 is 2.57 bits per heavy atom. The first-order valence-corrected chi connectivity index (χ1v) is 12.3. The number of hydrogen-bond donors (Lipinski definition) is 2. The second kappa shape index (κ2) is 9.24. The number of aryl methyl sites for hydroxylation is 1. The third-order valence-electron chi connectivity index (χ3n) is 6.60. The number of rotatable bonds is 5. The third kappa shape index (κ3) is 5.26. The van der Waals surface area contributed by atoms with Crippen molar-refractivity contribution in [2.24, 2.45) is 5.92 Å². The molecule has 2 aliphatic carbocycles. The second-order valence-corrected chi connectivity index (χ2v) is 10.6. The first kappa shape index (κ1) is 23.2. The van der Waals surface area contributed by atoms with E-state index in [1.807, 2.05) is 32.9 Å². The minimum Gasteiger partial charge on any atom is -0.341 e. The molecule has 8 heteroatoms. The summed E-state index contributed by atoms with van der Waals surface area (Å²) < 4.78 is 5.24. The van der Waals surface area contributed by atoms with Crippen molar-refractivity contribution in [1.29, 1.82) is 0 Å². The summed E-state index contributed by atoms with van der Waals surface area (Å²) in [5.41, 5.74) is 4.10. The first-order chi connectivity index (χ1) is 16.8. The van der Waals surface area contributed by atoms with E-state index in [0.29, 0.717) is 11.6 Å². The zero-order valence-electron chi connectivity index (χ0n) is 20.4. The van der Waals surface area contributed by atoms with Crippen LogP contribution in [0.4, 0.5) is 5.82 Å². The van der Waals surface area contributed by atoms with Crippen LogP contribution >= 0.6 is 0 Å². The van der Waals surface area contributed by atoms with Gasteiger partial charge in [-0.1, -0.05) is 50.5 Å². The van der Waals surface area contributed by atoms with Crippen LogP contribution in [0.3, 0.4) is 0 Å². The van der Waals surface area contributed by atoms with Gasteiger partial charge in [0.2, 0.25) is 5.91 Å². The van der Waals surface area contributed by atoms with Gasteiger partial charge in [-0.3, -0.25) is 9.59 Å². The average Bonchev–Trinajstić information content (AvgIpc) is 3.59. The third-order valence-corrected chi connectivity index (χ3v) is 6.60. The lowest BCUT2D eigenvalue weighted by molar-refractivity contribution is -0.117. The molecule has 1 fully saturated rings. The monoisotopic (exact) mass is 473 g/mol. The molecule has 2 aliphatic rings. The zero-order valence-corrected chi connectivity index (χ0v) is 20.4. The van der Waals surface area contributed by atoms with Crippen molar-refractivity contribution >= 4 is 17.6 Å². The van der Waals surface area contributed by atoms with E-state index in [0.717, 1.165) is 55.2 Å². The van der Waals surface area contributed by atoms with E-state index in [9.17, 15) is 9.59 Å². The molecule has 3 aromatic rings. The van der Waals surface area contributed by atoms with Crippen molar-refractivity contribution in [2.45, 2.75) is 70.8 Å². The van der Waals surface area contributed by atoms with Gasteiger partial charge in [0.05, 0.1) is 6.04 Å². The van der Waals surface area contributed by atoms with Crippen molar-refractivity contribution < 1.29 is 14.1 Å². The highest BCUT2D eigenvalue weighted by Crippen LogP contribution is 2.34. The Balaban J connectivity index is 1.35. The predicted octanol–water partition coefficient (Wildman–Crippen LogP) is 4.98. The molecule has 0 aliphatic heterocycles. The SMILES string of the molecule is CC(C)(C)c1noc(C(=O)N[C@H]2CCCCc3cc(-c4ccnc(NC(=O)C5CC5)c4)ccc32)n1. The summed E-state index contributed by atoms with van der Waals surface area (Å²) in [6.07, 6.45) is 7.50. The summed E-state index contributed by atoms with van der Waals surface area (Å²) in [5, 5.41) is 10.0. The largest absolute Gasteiger partial charge is 0.341 e. The van der Waals surface area contributed by atoms with Gasteiger partial charge >= 0.3 is 11.8 Å². The van der Waals surface area contributed by atoms with Gasteiger partial charge in [0, 0.05) is 17.5 Å². The highest BCUT2D eigenvalue weighted by molar-refractivity contribution is 5.93. The minimum atomic E-state index is -0.347. The van der Waals surface area contributed by atoms with Gasteiger partial charge in [-0.05, 0) is 66.5 Å². The van der Waals surface area contributed by atoms with Gasteiger partial charge in [-0.15, -0.1) is 0 Å². The Morgan fingerprint density at radius 1 is 1.03 bits per heavy atom. The van der Waals surface area contributed by atoms with E-state index < -0.39 is 0 Å². The zero-order chi connectivity index (χ0) is 24.6. The van der Waals surface area contributed by atoms with E-state index >= 15 is 0 Å². The van der Waals surface area contributed by atoms with Gasteiger partial charge < -0.3 is 15.2 Å². The normalized spacial score (nSPS) is 17.9. The number of carbonyl (C=O) groups excluding carboxylic acids is 2. The second-order valence-electron chi connectivity index (χ2n) is 10.6. The number of nitrogens with zero attached hydrogens (tertiary/aromatic N) is 3. The number of anilines is 1. The molecule has 0 saturated heterocycles. The fourth-order valence-corrected chi connectivity index (χ4v) is 4.40. The maximum atomic E-state index is 12.9. The van der Waals surface area contributed by atoms with Crippen LogP contribution in [-0.2, 0) is 16.6 Å². The standard InChI is InChI=1S/C27H31N5O3/c1-27(2,3)26-31-25(35-32-26)24(34)29-21-7-5-4-6-19-14-17(10-11-20(19)21)18-12-13-28-22(15-18)30-23(33)16-8-9-16/h10-16,21H,4-9H2,1-3H3,(H,29,34)(H,28,30,33)/t21-/m0/s1. The van der Waals surface area contributed by atoms with Crippen molar-refractivity contribution in [3.63, 3.8) is 0 Å². The van der Waals surface area contributed by atoms with E-state index in [4.69, 9.17) is 4.52 Å². The Morgan fingerprint density at radius 2 is 1.83 bits per heavy atom. The summed E-state index contributed by atoms with van der Waals surface area (Å²) in [6.45, 7) is 5.93. The quantitative estimate of drug-likeness (QED) is 0.506. The summed E-state index contributed by atoms with van der Waals surface area (Å²) in [7, 11) is 0. The summed E-state index contributed by atoms with van der Waals surface area (Å²) >= 11 is 0. The van der Waals surface area contributed by atoms with Crippen LogP contribution in [0.5, 0.6) is 0 Å². The molecule has 1 saturated carbocycles. The molecule has 8 nitrogen and oxygen atoms in total. The molecule has 2 aromatic heterocycles. The molecular formula is C27H31N5O3. The number of nitrogens with one attached hydrogen (secondary N) is 2. The molecule has 2 N–H and O–H groups in total. The summed E-state index contributed by atoms with van der Waals surface area (Å²) in [5.74, 6) is 0.917. The molecule has 0 spiro atoms. The highest BCUT2D eigenvalue weighted by Gasteiger charge is 2.30. The Labute approximate surface area is 204 Å². The predicted molar refractivity (Wildman–Crippen MR) is 132 cm³/mol. The number of hydrogen-bond acceptors (Lipinski definition) is 6. The molecule has 1 atom stereocenters. The molecule has 0 radical (unpaired) electrons. The average molecular weight is 474 g/mol. The molecule has 0 bridgehead atoms. The van der Waals surface area contributed by atoms with Gasteiger partial charge in [0.1, 0.15) is 5.82 Å². The number of fused-ring (bicyclic) bond motifs is 1. The molecular weight excluding hydrogens is 442 g/mol. The lowest BCUT2D eigenvalue weighted by atomic mass is 9.94. The minimum absolute atomic E-state index is 0.00472. The van der Waals surface area contributed by atoms with Crippen LogP contribution in [-0.4, -0.2) is 26.9 Å². The van der Waals surface area contributed by atoms with Crippen molar-refractivity contribution in [3.8, 4) is 11.1 Å². The molecule has 2 heterocycles. The van der Waals surface area contributed by atoms with Crippen LogP contribution in [0.1, 0.15) is 86.6 Å². The van der Waals surface area contributed by atoms with E-state index in [1.165, 1.54) is 5.56 Å². The molecule has 2 amide bonds. The number of benzene rings is 1. The molecule has 5 rings (SSSR count). The van der Waals surface area contributed by atoms with E-state index in [-0.39, 0.29) is 35.1 Å². The van der Waals surface area contributed by atoms with Crippen LogP contribution < -0.4 is 10.6 Å². The van der Waals surface area contributed by atoms with Crippen LogP contribution in [0, 0.1) is 5.92 Å². The number of pyridine rings is 1. The highest BCUT2D eigenvalue weighted by atomic mass is 16.5. The molecule has 35 heavy (non-hydrogen) atoms. The topological polar surface area (TPSA) is 110 Å². The maximum Gasteiger partial charge on any atom is 0.315 e. The van der Waals surface area contributed by atoms with Crippen LogP contribution in [0.25, 0.3) is 11.1 Å². The summed E-state index contributed by atoms with van der Waals surface area (Å²) in [4.78, 5) is 33.6. The lowest BCUT2D eigenvalue weighted by Crippen LogP contribution is -2.29. The Hall–Kier alpha value is -3.55. The van der Waals surface area contributed by atoms with Gasteiger partial charge in [0.15, 0.2) is 5.82 Å². The number of aromatic nitrogens is 3. The van der Waals surface area contributed by atoms with Crippen LogP contribution in [0.2, 0.25) is 0 Å². The molecule has 182 valence electrons. The van der Waals surface area contributed by atoms with Crippen LogP contribution in [0.15, 0.2) is 41.1 Å². The molecule has 1 aromatic carbocycles. The summed E-state index contributed by atoms with van der Waals surface area (Å²) in [6, 6.07) is 10.1. The van der Waals surface area contributed by atoms with Crippen molar-refractivity contribution in [2.75, 3.05) is 5.32 Å². The van der Waals surface area contributed by atoms with Gasteiger partial charge in [-0.25, -0.2) is 4.98 Å². The fourth-order valence-electron chi connectivity index (χ4n) is 4.40. The molecule has 0 unspecified atom stereocenters. The van der Waals surface area contributed by atoms with Gasteiger partial charge in [-0.2, -0.15) is 4.98 Å². The maximum absolute atomic E-state index is 12.9. The Bertz CT molecular complexity index is 1260. The van der Waals surface area contributed by atoms with Gasteiger partial charge in [0.25, 0.3) is 0 Å². The Kier molecular flexibility index (Phi) is 6.13. The number of carbonyl (C=O) groups is 2. The van der Waals surface area contributed by atoms with Crippen molar-refractivity contribution in [3.05, 3.63) is 59.4 Å². The first-order valence-electron chi connectivity index (χ1n) is 12.3.